The molecule has 24 heavy (non-hydrogen) atoms. The van der Waals surface area contributed by atoms with Crippen LogP contribution in [0.3, 0.4) is 0 Å². The summed E-state index contributed by atoms with van der Waals surface area (Å²) < 4.78 is 0. The third-order valence-corrected chi connectivity index (χ3v) is 6.06. The molecule has 2 heterocycles. The first-order valence-electron chi connectivity index (χ1n) is 9.67. The maximum Gasteiger partial charge on any atom is 0.219 e. The highest BCUT2D eigenvalue weighted by Crippen LogP contribution is 2.27. The summed E-state index contributed by atoms with van der Waals surface area (Å²) in [5.41, 5.74) is 2.95. The van der Waals surface area contributed by atoms with Crippen LogP contribution in [0.25, 0.3) is 0 Å². The molecule has 132 valence electrons. The quantitative estimate of drug-likeness (QED) is 0.842. The van der Waals surface area contributed by atoms with E-state index in [0.717, 1.165) is 31.8 Å². The van der Waals surface area contributed by atoms with Crippen molar-refractivity contribution in [3.05, 3.63) is 35.4 Å². The first-order chi connectivity index (χ1) is 11.6. The monoisotopic (exact) mass is 328 g/mol. The molecule has 3 heteroatoms. The number of rotatable bonds is 4. The summed E-state index contributed by atoms with van der Waals surface area (Å²) in [6, 6.07) is 9.51. The molecule has 0 aromatic heterocycles. The molecule has 2 saturated heterocycles. The number of benzene rings is 1. The average molecular weight is 329 g/mol. The van der Waals surface area contributed by atoms with Crippen molar-refractivity contribution >= 4 is 5.91 Å². The molecule has 1 atom stereocenters. The second kappa shape index (κ2) is 8.15. The maximum absolute atomic E-state index is 11.5. The summed E-state index contributed by atoms with van der Waals surface area (Å²) in [6.07, 6.45) is 7.57. The van der Waals surface area contributed by atoms with Gasteiger partial charge < -0.3 is 4.90 Å². The molecule has 0 aliphatic carbocycles. The predicted molar refractivity (Wildman–Crippen MR) is 99.1 cm³/mol. The van der Waals surface area contributed by atoms with Gasteiger partial charge in [0, 0.05) is 32.6 Å². The summed E-state index contributed by atoms with van der Waals surface area (Å²) in [6.45, 7) is 8.34. The van der Waals surface area contributed by atoms with Gasteiger partial charge in [-0.3, -0.25) is 9.69 Å². The van der Waals surface area contributed by atoms with E-state index < -0.39 is 0 Å². The summed E-state index contributed by atoms with van der Waals surface area (Å²) in [5.74, 6) is 1.08. The van der Waals surface area contributed by atoms with E-state index in [4.69, 9.17) is 0 Å². The Balaban J connectivity index is 1.48. The Morgan fingerprint density at radius 2 is 1.88 bits per heavy atom. The fourth-order valence-electron chi connectivity index (χ4n) is 4.46. The zero-order chi connectivity index (χ0) is 16.9. The largest absolute Gasteiger partial charge is 0.343 e. The fourth-order valence-corrected chi connectivity index (χ4v) is 4.46. The lowest BCUT2D eigenvalue weighted by molar-refractivity contribution is -0.130. The van der Waals surface area contributed by atoms with Gasteiger partial charge in [0.15, 0.2) is 0 Å². The van der Waals surface area contributed by atoms with Crippen LogP contribution in [-0.4, -0.2) is 47.9 Å². The Kier molecular flexibility index (Phi) is 5.94. The zero-order valence-electron chi connectivity index (χ0n) is 15.3. The summed E-state index contributed by atoms with van der Waals surface area (Å²) in [4.78, 5) is 16.2. The fraction of sp³-hybridized carbons (Fsp3) is 0.667. The molecule has 1 aromatic carbocycles. The lowest BCUT2D eigenvalue weighted by Crippen LogP contribution is -2.49. The highest BCUT2D eigenvalue weighted by Gasteiger charge is 2.29. The molecule has 0 saturated carbocycles. The van der Waals surface area contributed by atoms with E-state index >= 15 is 0 Å². The van der Waals surface area contributed by atoms with Crippen LogP contribution in [0.1, 0.15) is 50.2 Å². The van der Waals surface area contributed by atoms with Gasteiger partial charge in [-0.1, -0.05) is 24.3 Å². The van der Waals surface area contributed by atoms with Gasteiger partial charge >= 0.3 is 0 Å². The molecule has 1 aromatic rings. The van der Waals surface area contributed by atoms with Gasteiger partial charge in [-0.2, -0.15) is 0 Å². The Morgan fingerprint density at radius 1 is 1.12 bits per heavy atom. The van der Waals surface area contributed by atoms with E-state index in [1.54, 1.807) is 6.92 Å². The summed E-state index contributed by atoms with van der Waals surface area (Å²) in [5, 5.41) is 0. The van der Waals surface area contributed by atoms with Crippen LogP contribution in [0.4, 0.5) is 0 Å². The summed E-state index contributed by atoms with van der Waals surface area (Å²) in [7, 11) is 0. The third-order valence-electron chi connectivity index (χ3n) is 6.06. The lowest BCUT2D eigenvalue weighted by Gasteiger charge is -2.42. The van der Waals surface area contributed by atoms with Crippen molar-refractivity contribution in [3.63, 3.8) is 0 Å². The van der Waals surface area contributed by atoms with Gasteiger partial charge in [-0.05, 0) is 69.0 Å². The van der Waals surface area contributed by atoms with Gasteiger partial charge in [0.25, 0.3) is 0 Å². The second-order valence-electron chi connectivity index (χ2n) is 7.71. The highest BCUT2D eigenvalue weighted by molar-refractivity contribution is 5.73. The van der Waals surface area contributed by atoms with Crippen LogP contribution in [0, 0.1) is 12.8 Å². The normalized spacial score (nSPS) is 23.4. The standard InChI is InChI=1S/C21H32N2O/c1-17-6-3-4-8-20(17)10-9-19-7-5-13-23(16-19)21-11-14-22(15-12-21)18(2)24/h3-4,6,8,19,21H,5,7,9-16H2,1-2H3. The minimum absolute atomic E-state index is 0.239. The molecular weight excluding hydrogens is 296 g/mol. The number of likely N-dealkylation sites (tertiary alicyclic amines) is 2. The first-order valence-corrected chi connectivity index (χ1v) is 9.67. The minimum Gasteiger partial charge on any atom is -0.343 e. The number of amides is 1. The smallest absolute Gasteiger partial charge is 0.219 e. The molecule has 2 aliphatic heterocycles. The second-order valence-corrected chi connectivity index (χ2v) is 7.71. The van der Waals surface area contributed by atoms with Crippen LogP contribution in [0.5, 0.6) is 0 Å². The number of hydrogen-bond donors (Lipinski definition) is 0. The van der Waals surface area contributed by atoms with E-state index in [-0.39, 0.29) is 5.91 Å². The van der Waals surface area contributed by atoms with Gasteiger partial charge in [0.1, 0.15) is 0 Å². The highest BCUT2D eigenvalue weighted by atomic mass is 16.2. The molecular formula is C21H32N2O. The number of carbonyl (C=O) groups is 1. The molecule has 1 unspecified atom stereocenters. The van der Waals surface area contributed by atoms with Crippen LogP contribution >= 0.6 is 0 Å². The predicted octanol–water partition coefficient (Wildman–Crippen LogP) is 3.65. The third kappa shape index (κ3) is 4.38. The Morgan fingerprint density at radius 3 is 2.58 bits per heavy atom. The SMILES string of the molecule is CC(=O)N1CCC(N2CCCC(CCc3ccccc3C)C2)CC1. The molecule has 2 fully saturated rings. The lowest BCUT2D eigenvalue weighted by atomic mass is 9.89. The first kappa shape index (κ1) is 17.5. The van der Waals surface area contributed by atoms with Crippen LogP contribution in [-0.2, 0) is 11.2 Å². The molecule has 0 N–H and O–H groups in total. The van der Waals surface area contributed by atoms with Crippen LogP contribution < -0.4 is 0 Å². The van der Waals surface area contributed by atoms with E-state index in [2.05, 4.69) is 36.1 Å². The zero-order valence-corrected chi connectivity index (χ0v) is 15.3. The minimum atomic E-state index is 0.239. The van der Waals surface area contributed by atoms with Crippen molar-refractivity contribution in [2.45, 2.75) is 58.4 Å². The van der Waals surface area contributed by atoms with Gasteiger partial charge in [-0.25, -0.2) is 0 Å². The van der Waals surface area contributed by atoms with Crippen molar-refractivity contribution in [2.75, 3.05) is 26.2 Å². The summed E-state index contributed by atoms with van der Waals surface area (Å²) >= 11 is 0. The molecule has 2 aliphatic rings. The van der Waals surface area contributed by atoms with Crippen LogP contribution in [0.15, 0.2) is 24.3 Å². The number of nitrogens with zero attached hydrogens (tertiary/aromatic N) is 2. The number of carbonyl (C=O) groups excluding carboxylic acids is 1. The Hall–Kier alpha value is -1.35. The van der Waals surface area contributed by atoms with Gasteiger partial charge in [-0.15, -0.1) is 0 Å². The Labute approximate surface area is 147 Å². The van der Waals surface area contributed by atoms with E-state index in [1.807, 2.05) is 4.90 Å². The van der Waals surface area contributed by atoms with E-state index in [1.165, 1.54) is 49.9 Å². The topological polar surface area (TPSA) is 23.6 Å². The molecule has 0 spiro atoms. The molecule has 3 nitrogen and oxygen atoms in total. The van der Waals surface area contributed by atoms with Crippen molar-refractivity contribution in [2.24, 2.45) is 5.92 Å². The van der Waals surface area contributed by atoms with Crippen molar-refractivity contribution in [1.29, 1.82) is 0 Å². The number of aryl methyl sites for hydroxylation is 2. The van der Waals surface area contributed by atoms with Crippen molar-refractivity contribution in [3.8, 4) is 0 Å². The maximum atomic E-state index is 11.5. The molecule has 3 rings (SSSR count). The molecule has 1 amide bonds. The molecule has 0 bridgehead atoms. The van der Waals surface area contributed by atoms with Gasteiger partial charge in [0.05, 0.1) is 0 Å². The van der Waals surface area contributed by atoms with E-state index in [0.29, 0.717) is 6.04 Å². The number of hydrogen-bond acceptors (Lipinski definition) is 2. The van der Waals surface area contributed by atoms with E-state index in [9.17, 15) is 4.79 Å². The average Bonchev–Trinajstić information content (AvgIpc) is 2.61. The Bertz CT molecular complexity index is 549. The number of piperidine rings is 2. The van der Waals surface area contributed by atoms with Crippen molar-refractivity contribution < 1.29 is 4.79 Å². The van der Waals surface area contributed by atoms with Gasteiger partial charge in [0.2, 0.25) is 5.91 Å². The van der Waals surface area contributed by atoms with Crippen LogP contribution in [0.2, 0.25) is 0 Å². The molecule has 0 radical (unpaired) electrons. The van der Waals surface area contributed by atoms with Crippen molar-refractivity contribution in [1.82, 2.24) is 9.80 Å².